The minimum atomic E-state index is -2.99. The number of alkyl halides is 2. The fourth-order valence-corrected chi connectivity index (χ4v) is 2.88. The fraction of sp³-hybridized carbons (Fsp3) is 0.312. The molecule has 7 heteroatoms. The van der Waals surface area contributed by atoms with Crippen LogP contribution in [0.4, 0.5) is 13.2 Å². The number of ether oxygens (including phenoxy) is 1. The predicted molar refractivity (Wildman–Crippen MR) is 82.7 cm³/mol. The molecule has 0 aliphatic carbocycles. The van der Waals surface area contributed by atoms with E-state index in [1.54, 1.807) is 32.0 Å². The van der Waals surface area contributed by atoms with Gasteiger partial charge >= 0.3 is 6.61 Å². The van der Waals surface area contributed by atoms with E-state index >= 15 is 0 Å². The normalized spacial score (nSPS) is 11.6. The van der Waals surface area contributed by atoms with Crippen LogP contribution in [0.1, 0.15) is 29.1 Å². The molecule has 0 bridgehead atoms. The summed E-state index contributed by atoms with van der Waals surface area (Å²) in [6, 6.07) is 7.63. The minimum Gasteiger partial charge on any atom is -0.433 e. The van der Waals surface area contributed by atoms with Crippen molar-refractivity contribution in [2.75, 3.05) is 6.54 Å². The van der Waals surface area contributed by atoms with E-state index in [0.29, 0.717) is 5.56 Å². The second-order valence-electron chi connectivity index (χ2n) is 5.54. The Morgan fingerprint density at radius 1 is 1.30 bits per heavy atom. The van der Waals surface area contributed by atoms with Crippen molar-refractivity contribution < 1.29 is 22.7 Å². The van der Waals surface area contributed by atoms with Gasteiger partial charge in [-0.1, -0.05) is 32.0 Å². The zero-order valence-corrected chi connectivity index (χ0v) is 13.4. The fourth-order valence-electron chi connectivity index (χ4n) is 2.14. The average Bonchev–Trinajstić information content (AvgIpc) is 2.92. The first-order valence-electron chi connectivity index (χ1n) is 6.87. The van der Waals surface area contributed by atoms with Crippen molar-refractivity contribution in [3.05, 3.63) is 52.0 Å². The zero-order valence-electron chi connectivity index (χ0n) is 12.6. The zero-order chi connectivity index (χ0) is 17.0. The van der Waals surface area contributed by atoms with Gasteiger partial charge in [0, 0.05) is 12.0 Å². The second kappa shape index (κ2) is 7.04. The molecule has 1 amide bonds. The maximum absolute atomic E-state index is 13.9. The monoisotopic (exact) mass is 343 g/mol. The molecule has 3 nitrogen and oxygen atoms in total. The molecule has 1 heterocycles. The number of rotatable bonds is 6. The van der Waals surface area contributed by atoms with Gasteiger partial charge in [0.15, 0.2) is 0 Å². The molecule has 0 spiro atoms. The van der Waals surface area contributed by atoms with Crippen LogP contribution in [0.2, 0.25) is 0 Å². The smallest absolute Gasteiger partial charge is 0.387 e. The van der Waals surface area contributed by atoms with Gasteiger partial charge in [0.25, 0.3) is 5.91 Å². The van der Waals surface area contributed by atoms with Gasteiger partial charge in [0.1, 0.15) is 16.4 Å². The van der Waals surface area contributed by atoms with E-state index < -0.39 is 17.9 Å². The topological polar surface area (TPSA) is 38.3 Å². The molecule has 1 aromatic heterocycles. The summed E-state index contributed by atoms with van der Waals surface area (Å²) in [7, 11) is 0. The van der Waals surface area contributed by atoms with E-state index in [9.17, 15) is 18.0 Å². The van der Waals surface area contributed by atoms with Crippen LogP contribution in [-0.2, 0) is 5.41 Å². The van der Waals surface area contributed by atoms with Crippen molar-refractivity contribution in [1.82, 2.24) is 5.32 Å². The molecule has 0 unspecified atom stereocenters. The lowest BCUT2D eigenvalue weighted by molar-refractivity contribution is -0.0498. The van der Waals surface area contributed by atoms with Gasteiger partial charge in [0.05, 0.1) is 0 Å². The molecule has 124 valence electrons. The highest BCUT2D eigenvalue weighted by atomic mass is 32.1. The Balaban J connectivity index is 2.07. The lowest BCUT2D eigenvalue weighted by atomic mass is 9.84. The summed E-state index contributed by atoms with van der Waals surface area (Å²) >= 11 is 1.00. The third-order valence-electron chi connectivity index (χ3n) is 3.35. The molecular formula is C16H16F3NO2S. The highest BCUT2D eigenvalue weighted by molar-refractivity contribution is 7.12. The summed E-state index contributed by atoms with van der Waals surface area (Å²) in [5.74, 6) is -1.05. The first kappa shape index (κ1) is 17.3. The van der Waals surface area contributed by atoms with E-state index in [4.69, 9.17) is 0 Å². The van der Waals surface area contributed by atoms with Crippen molar-refractivity contribution >= 4 is 17.2 Å². The molecule has 2 rings (SSSR count). The predicted octanol–water partition coefficient (Wildman–Crippen LogP) is 4.20. The number of halogens is 3. The molecule has 0 saturated carbocycles. The Bertz CT molecular complexity index is 685. The Labute approximate surface area is 136 Å². The Kier molecular flexibility index (Phi) is 5.30. The quantitative estimate of drug-likeness (QED) is 0.854. The largest absolute Gasteiger partial charge is 0.433 e. The maximum Gasteiger partial charge on any atom is 0.387 e. The molecule has 1 aromatic carbocycles. The van der Waals surface area contributed by atoms with E-state index in [1.807, 2.05) is 0 Å². The van der Waals surface area contributed by atoms with Crippen molar-refractivity contribution in [2.24, 2.45) is 0 Å². The summed E-state index contributed by atoms with van der Waals surface area (Å²) in [6.45, 7) is 0.734. The lowest BCUT2D eigenvalue weighted by Gasteiger charge is -2.26. The van der Waals surface area contributed by atoms with Gasteiger partial charge in [-0.3, -0.25) is 4.79 Å². The van der Waals surface area contributed by atoms with Crippen LogP contribution >= 0.6 is 11.3 Å². The second-order valence-corrected chi connectivity index (χ2v) is 6.46. The standard InChI is InChI=1S/C16H16F3NO2S/c1-16(2,10-5-3-4-6-11(10)17)9-20-14(21)13-12(7-8-23-13)22-15(18)19/h3-8,15H,9H2,1-2H3,(H,20,21). The number of benzene rings is 1. The average molecular weight is 343 g/mol. The van der Waals surface area contributed by atoms with Gasteiger partial charge < -0.3 is 10.1 Å². The number of hydrogen-bond donors (Lipinski definition) is 1. The van der Waals surface area contributed by atoms with Crippen LogP contribution in [0.15, 0.2) is 35.7 Å². The van der Waals surface area contributed by atoms with Crippen LogP contribution < -0.4 is 10.1 Å². The van der Waals surface area contributed by atoms with Gasteiger partial charge in [-0.05, 0) is 23.1 Å². The van der Waals surface area contributed by atoms with Crippen LogP contribution in [0, 0.1) is 5.82 Å². The molecule has 0 saturated heterocycles. The Hall–Kier alpha value is -2.02. The third-order valence-corrected chi connectivity index (χ3v) is 4.24. The van der Waals surface area contributed by atoms with Gasteiger partial charge in [-0.15, -0.1) is 11.3 Å². The summed E-state index contributed by atoms with van der Waals surface area (Å²) < 4.78 is 42.8. The van der Waals surface area contributed by atoms with E-state index in [0.717, 1.165) is 11.3 Å². The van der Waals surface area contributed by atoms with Gasteiger partial charge in [-0.25, -0.2) is 4.39 Å². The lowest BCUT2D eigenvalue weighted by Crippen LogP contribution is -2.37. The SMILES string of the molecule is CC(C)(CNC(=O)c1sccc1OC(F)F)c1ccccc1F. The molecule has 0 aliphatic heterocycles. The molecule has 2 aromatic rings. The van der Waals surface area contributed by atoms with Crippen molar-refractivity contribution in [3.8, 4) is 5.75 Å². The molecular weight excluding hydrogens is 327 g/mol. The van der Waals surface area contributed by atoms with Crippen LogP contribution in [0.5, 0.6) is 5.75 Å². The van der Waals surface area contributed by atoms with Crippen LogP contribution in [0.3, 0.4) is 0 Å². The third kappa shape index (κ3) is 4.25. The Morgan fingerprint density at radius 2 is 2.00 bits per heavy atom. The number of carbonyl (C=O) groups excluding carboxylic acids is 1. The highest BCUT2D eigenvalue weighted by Gasteiger charge is 2.26. The molecule has 0 aliphatic rings. The summed E-state index contributed by atoms with van der Waals surface area (Å²) in [5, 5.41) is 4.14. The number of nitrogens with one attached hydrogen (secondary N) is 1. The van der Waals surface area contributed by atoms with Gasteiger partial charge in [-0.2, -0.15) is 8.78 Å². The molecule has 0 atom stereocenters. The van der Waals surface area contributed by atoms with Gasteiger partial charge in [0.2, 0.25) is 0 Å². The van der Waals surface area contributed by atoms with Crippen molar-refractivity contribution in [2.45, 2.75) is 25.9 Å². The van der Waals surface area contributed by atoms with Crippen molar-refractivity contribution in [1.29, 1.82) is 0 Å². The first-order valence-corrected chi connectivity index (χ1v) is 7.75. The summed E-state index contributed by atoms with van der Waals surface area (Å²) in [5.41, 5.74) is -0.183. The summed E-state index contributed by atoms with van der Waals surface area (Å²) in [6.07, 6.45) is 0. The molecule has 1 N–H and O–H groups in total. The number of hydrogen-bond acceptors (Lipinski definition) is 3. The molecule has 0 radical (unpaired) electrons. The van der Waals surface area contributed by atoms with Crippen LogP contribution in [0.25, 0.3) is 0 Å². The Morgan fingerprint density at radius 3 is 2.65 bits per heavy atom. The van der Waals surface area contributed by atoms with E-state index in [2.05, 4.69) is 10.1 Å². The highest BCUT2D eigenvalue weighted by Crippen LogP contribution is 2.28. The molecule has 0 fully saturated rings. The van der Waals surface area contributed by atoms with Crippen molar-refractivity contribution in [3.63, 3.8) is 0 Å². The maximum atomic E-state index is 13.9. The van der Waals surface area contributed by atoms with E-state index in [1.165, 1.54) is 17.5 Å². The summed E-state index contributed by atoms with van der Waals surface area (Å²) in [4.78, 5) is 12.2. The number of thiophene rings is 1. The number of carbonyl (C=O) groups is 1. The molecule has 23 heavy (non-hydrogen) atoms. The van der Waals surface area contributed by atoms with E-state index in [-0.39, 0.29) is 23.0 Å². The minimum absolute atomic E-state index is 0.0645. The number of amides is 1. The first-order chi connectivity index (χ1) is 10.8. The van der Waals surface area contributed by atoms with Crippen LogP contribution in [-0.4, -0.2) is 19.1 Å².